The molecule has 0 bridgehead atoms. The number of nitrogens with zero attached hydrogens (tertiary/aromatic N) is 1. The van der Waals surface area contributed by atoms with E-state index in [-0.39, 0.29) is 5.91 Å². The SMILES string of the molecule is CN(Cc1csc(Br)c1)C(=O)C(C)(C)c1ccc(N)cc1. The van der Waals surface area contributed by atoms with Gasteiger partial charge in [-0.15, -0.1) is 11.3 Å². The zero-order valence-corrected chi connectivity index (χ0v) is 14.8. The molecule has 2 N–H and O–H groups in total. The van der Waals surface area contributed by atoms with Gasteiger partial charge >= 0.3 is 0 Å². The third-order valence-corrected chi connectivity index (χ3v) is 5.11. The second kappa shape index (κ2) is 6.20. The molecule has 0 radical (unpaired) electrons. The van der Waals surface area contributed by atoms with Crippen LogP contribution >= 0.6 is 27.3 Å². The molecule has 0 atom stereocenters. The molecule has 0 fully saturated rings. The lowest BCUT2D eigenvalue weighted by atomic mass is 9.83. The van der Waals surface area contributed by atoms with E-state index in [4.69, 9.17) is 5.73 Å². The lowest BCUT2D eigenvalue weighted by Crippen LogP contribution is -2.40. The van der Waals surface area contributed by atoms with Gasteiger partial charge in [-0.05, 0) is 64.5 Å². The number of nitrogen functional groups attached to an aromatic ring is 1. The maximum atomic E-state index is 12.7. The highest BCUT2D eigenvalue weighted by molar-refractivity contribution is 9.11. The summed E-state index contributed by atoms with van der Waals surface area (Å²) in [6, 6.07) is 9.55. The Balaban J connectivity index is 2.15. The molecule has 1 aromatic heterocycles. The van der Waals surface area contributed by atoms with Gasteiger partial charge in [0.2, 0.25) is 5.91 Å². The Morgan fingerprint density at radius 1 is 1.33 bits per heavy atom. The number of amides is 1. The van der Waals surface area contributed by atoms with Gasteiger partial charge in [0.25, 0.3) is 0 Å². The van der Waals surface area contributed by atoms with Gasteiger partial charge in [-0.1, -0.05) is 12.1 Å². The molecular weight excluding hydrogens is 348 g/mol. The van der Waals surface area contributed by atoms with Crippen LogP contribution < -0.4 is 5.73 Å². The van der Waals surface area contributed by atoms with E-state index in [1.807, 2.05) is 51.2 Å². The highest BCUT2D eigenvalue weighted by atomic mass is 79.9. The minimum atomic E-state index is -0.574. The van der Waals surface area contributed by atoms with Crippen molar-refractivity contribution in [1.82, 2.24) is 4.90 Å². The lowest BCUT2D eigenvalue weighted by Gasteiger charge is -2.29. The monoisotopic (exact) mass is 366 g/mol. The normalized spacial score (nSPS) is 11.4. The van der Waals surface area contributed by atoms with Crippen molar-refractivity contribution in [2.24, 2.45) is 0 Å². The molecule has 0 unspecified atom stereocenters. The molecule has 2 rings (SSSR count). The van der Waals surface area contributed by atoms with E-state index in [2.05, 4.69) is 21.3 Å². The van der Waals surface area contributed by atoms with E-state index in [1.165, 1.54) is 0 Å². The molecule has 2 aromatic rings. The van der Waals surface area contributed by atoms with E-state index >= 15 is 0 Å². The Morgan fingerprint density at radius 2 is 1.95 bits per heavy atom. The smallest absolute Gasteiger partial charge is 0.232 e. The number of benzene rings is 1. The summed E-state index contributed by atoms with van der Waals surface area (Å²) in [5, 5.41) is 2.06. The van der Waals surface area contributed by atoms with Crippen molar-refractivity contribution in [2.45, 2.75) is 25.8 Å². The molecule has 0 saturated heterocycles. The van der Waals surface area contributed by atoms with E-state index < -0.39 is 5.41 Å². The summed E-state index contributed by atoms with van der Waals surface area (Å²) in [4.78, 5) is 14.5. The van der Waals surface area contributed by atoms with Crippen LogP contribution in [0.1, 0.15) is 25.0 Å². The largest absolute Gasteiger partial charge is 0.399 e. The van der Waals surface area contributed by atoms with Crippen molar-refractivity contribution in [1.29, 1.82) is 0 Å². The molecule has 0 aliphatic heterocycles. The van der Waals surface area contributed by atoms with Crippen LogP contribution in [0.15, 0.2) is 39.5 Å². The number of thiophene rings is 1. The predicted molar refractivity (Wildman–Crippen MR) is 92.4 cm³/mol. The summed E-state index contributed by atoms with van der Waals surface area (Å²) in [5.41, 5.74) is 7.95. The Bertz CT molecular complexity index is 634. The fraction of sp³-hybridized carbons (Fsp3) is 0.312. The number of hydrogen-bond donors (Lipinski definition) is 1. The first-order valence-electron chi connectivity index (χ1n) is 6.65. The van der Waals surface area contributed by atoms with Gasteiger partial charge in [-0.2, -0.15) is 0 Å². The van der Waals surface area contributed by atoms with Crippen LogP contribution in [0, 0.1) is 0 Å². The quantitative estimate of drug-likeness (QED) is 0.830. The fourth-order valence-corrected chi connectivity index (χ4v) is 3.48. The van der Waals surface area contributed by atoms with Crippen LogP contribution in [0.5, 0.6) is 0 Å². The maximum Gasteiger partial charge on any atom is 0.232 e. The Kier molecular flexibility index (Phi) is 4.74. The molecule has 21 heavy (non-hydrogen) atoms. The van der Waals surface area contributed by atoms with E-state index in [1.54, 1.807) is 16.2 Å². The number of carbonyl (C=O) groups is 1. The molecule has 0 spiro atoms. The first-order chi connectivity index (χ1) is 9.80. The molecule has 1 amide bonds. The third kappa shape index (κ3) is 3.66. The van der Waals surface area contributed by atoms with Crippen molar-refractivity contribution in [3.05, 3.63) is 50.6 Å². The molecule has 0 aliphatic carbocycles. The minimum absolute atomic E-state index is 0.0922. The van der Waals surface area contributed by atoms with Crippen LogP contribution in [0.25, 0.3) is 0 Å². The highest BCUT2D eigenvalue weighted by Gasteiger charge is 2.32. The van der Waals surface area contributed by atoms with Crippen LogP contribution in [0.4, 0.5) is 5.69 Å². The van der Waals surface area contributed by atoms with Crippen molar-refractivity contribution in [2.75, 3.05) is 12.8 Å². The van der Waals surface area contributed by atoms with Crippen LogP contribution in [0.2, 0.25) is 0 Å². The summed E-state index contributed by atoms with van der Waals surface area (Å²) in [5.74, 6) is 0.0922. The first-order valence-corrected chi connectivity index (χ1v) is 8.32. The maximum absolute atomic E-state index is 12.7. The predicted octanol–water partition coefficient (Wildman–Crippen LogP) is 4.03. The molecule has 0 saturated carbocycles. The second-order valence-corrected chi connectivity index (χ2v) is 7.96. The topological polar surface area (TPSA) is 46.3 Å². The zero-order chi connectivity index (χ0) is 15.6. The summed E-state index contributed by atoms with van der Waals surface area (Å²) in [6.07, 6.45) is 0. The number of nitrogens with two attached hydrogens (primary N) is 1. The zero-order valence-electron chi connectivity index (χ0n) is 12.4. The number of halogens is 1. The van der Waals surface area contributed by atoms with E-state index in [0.29, 0.717) is 12.2 Å². The molecule has 5 heteroatoms. The Morgan fingerprint density at radius 3 is 2.48 bits per heavy atom. The Labute approximate surface area is 137 Å². The summed E-state index contributed by atoms with van der Waals surface area (Å²) < 4.78 is 1.08. The average molecular weight is 367 g/mol. The van der Waals surface area contributed by atoms with Crippen LogP contribution in [-0.2, 0) is 16.8 Å². The molecule has 3 nitrogen and oxygen atoms in total. The van der Waals surface area contributed by atoms with Gasteiger partial charge in [0.1, 0.15) is 0 Å². The van der Waals surface area contributed by atoms with Crippen LogP contribution in [-0.4, -0.2) is 17.9 Å². The highest BCUT2D eigenvalue weighted by Crippen LogP contribution is 2.28. The Hall–Kier alpha value is -1.33. The van der Waals surface area contributed by atoms with Gasteiger partial charge in [0, 0.05) is 19.3 Å². The number of hydrogen-bond acceptors (Lipinski definition) is 3. The summed E-state index contributed by atoms with van der Waals surface area (Å²) in [7, 11) is 1.84. The number of rotatable bonds is 4. The van der Waals surface area contributed by atoms with Gasteiger partial charge in [-0.25, -0.2) is 0 Å². The first kappa shape index (κ1) is 16.0. The summed E-state index contributed by atoms with van der Waals surface area (Å²) in [6.45, 7) is 4.50. The van der Waals surface area contributed by atoms with Crippen LogP contribution in [0.3, 0.4) is 0 Å². The molecular formula is C16H19BrN2OS. The molecule has 1 heterocycles. The molecule has 112 valence electrons. The average Bonchev–Trinajstić information content (AvgIpc) is 2.83. The van der Waals surface area contributed by atoms with Gasteiger partial charge in [-0.3, -0.25) is 4.79 Å². The van der Waals surface area contributed by atoms with Crippen molar-refractivity contribution in [3.8, 4) is 0 Å². The number of anilines is 1. The number of likely N-dealkylation sites (N-methyl/N-ethyl adjacent to an activating group) is 1. The lowest BCUT2D eigenvalue weighted by molar-refractivity contribution is -0.135. The second-order valence-electron chi connectivity index (χ2n) is 5.67. The number of carbonyl (C=O) groups excluding carboxylic acids is 1. The van der Waals surface area contributed by atoms with Gasteiger partial charge in [0.15, 0.2) is 0 Å². The van der Waals surface area contributed by atoms with E-state index in [9.17, 15) is 4.79 Å². The van der Waals surface area contributed by atoms with E-state index in [0.717, 1.165) is 14.9 Å². The summed E-state index contributed by atoms with van der Waals surface area (Å²) >= 11 is 5.07. The van der Waals surface area contributed by atoms with Crippen molar-refractivity contribution in [3.63, 3.8) is 0 Å². The van der Waals surface area contributed by atoms with Gasteiger partial charge in [0.05, 0.1) is 9.20 Å². The minimum Gasteiger partial charge on any atom is -0.399 e. The van der Waals surface area contributed by atoms with Gasteiger partial charge < -0.3 is 10.6 Å². The fourth-order valence-electron chi connectivity index (χ4n) is 2.27. The molecule has 1 aromatic carbocycles. The van der Waals surface area contributed by atoms with Crippen molar-refractivity contribution < 1.29 is 4.79 Å². The standard InChI is InChI=1S/C16H19BrN2OS/c1-16(2,12-4-6-13(18)7-5-12)15(20)19(3)9-11-8-14(17)21-10-11/h4-8,10H,9,18H2,1-3H3. The third-order valence-electron chi connectivity index (χ3n) is 3.56. The van der Waals surface area contributed by atoms with Crippen molar-refractivity contribution >= 4 is 38.9 Å². The molecule has 0 aliphatic rings.